The first-order chi connectivity index (χ1) is 11.4. The van der Waals surface area contributed by atoms with Crippen molar-refractivity contribution >= 4 is 23.0 Å². The van der Waals surface area contributed by atoms with E-state index in [9.17, 15) is 19.2 Å². The number of hydrogen-bond donors (Lipinski definition) is 1. The highest BCUT2D eigenvalue weighted by molar-refractivity contribution is 5.80. The molecule has 0 atom stereocenters. The van der Waals surface area contributed by atoms with Crippen molar-refractivity contribution < 1.29 is 14.3 Å². The zero-order valence-electron chi connectivity index (χ0n) is 13.7. The lowest BCUT2D eigenvalue weighted by Gasteiger charge is -2.07. The molecule has 0 bridgehead atoms. The molecule has 0 fully saturated rings. The molecule has 0 spiro atoms. The lowest BCUT2D eigenvalue weighted by molar-refractivity contribution is -0.148. The van der Waals surface area contributed by atoms with Crippen molar-refractivity contribution in [3.63, 3.8) is 0 Å². The van der Waals surface area contributed by atoms with Gasteiger partial charge in [-0.1, -0.05) is 0 Å². The van der Waals surface area contributed by atoms with E-state index in [0.29, 0.717) is 24.1 Å². The number of ether oxygens (including phenoxy) is 1. The van der Waals surface area contributed by atoms with Gasteiger partial charge in [0.15, 0.2) is 17.8 Å². The van der Waals surface area contributed by atoms with Gasteiger partial charge in [0.2, 0.25) is 0 Å². The Morgan fingerprint density at radius 3 is 2.62 bits per heavy atom. The molecule has 2 heterocycles. The van der Waals surface area contributed by atoms with Crippen molar-refractivity contribution in [2.45, 2.75) is 19.4 Å². The van der Waals surface area contributed by atoms with Crippen molar-refractivity contribution in [3.05, 3.63) is 27.2 Å². The molecule has 2 aromatic rings. The smallest absolute Gasteiger partial charge is 0.332 e. The van der Waals surface area contributed by atoms with E-state index in [1.54, 1.807) is 4.57 Å². The second-order valence-electron chi connectivity index (χ2n) is 5.25. The Morgan fingerprint density at radius 2 is 1.96 bits per heavy atom. The quantitative estimate of drug-likeness (QED) is 0.641. The number of hydrogen-bond acceptors (Lipinski definition) is 6. The molecule has 2 rings (SSSR count). The normalized spacial score (nSPS) is 10.8. The van der Waals surface area contributed by atoms with Crippen LogP contribution in [0.15, 0.2) is 15.9 Å². The molecule has 10 heteroatoms. The fourth-order valence-electron chi connectivity index (χ4n) is 2.25. The van der Waals surface area contributed by atoms with Crippen LogP contribution in [0.4, 0.5) is 0 Å². The van der Waals surface area contributed by atoms with Crippen molar-refractivity contribution in [2.75, 3.05) is 13.7 Å². The largest absolute Gasteiger partial charge is 0.456 e. The number of esters is 1. The van der Waals surface area contributed by atoms with Crippen LogP contribution in [0.25, 0.3) is 11.2 Å². The first-order valence-electron chi connectivity index (χ1n) is 7.34. The van der Waals surface area contributed by atoms with Crippen LogP contribution in [0.2, 0.25) is 0 Å². The van der Waals surface area contributed by atoms with Gasteiger partial charge in [-0.25, -0.2) is 9.78 Å². The molecule has 0 saturated heterocycles. The van der Waals surface area contributed by atoms with E-state index in [4.69, 9.17) is 4.74 Å². The fraction of sp³-hybridized carbons (Fsp3) is 0.500. The number of nitrogens with zero attached hydrogens (tertiary/aromatic N) is 4. The summed E-state index contributed by atoms with van der Waals surface area (Å²) in [5.74, 6) is -0.878. The Balaban J connectivity index is 2.07. The Labute approximate surface area is 136 Å². The van der Waals surface area contributed by atoms with Gasteiger partial charge in [0, 0.05) is 34.1 Å². The molecule has 0 unspecified atom stereocenters. The summed E-state index contributed by atoms with van der Waals surface area (Å²) in [6, 6.07) is 0. The predicted molar refractivity (Wildman–Crippen MR) is 84.5 cm³/mol. The molecule has 0 aliphatic heterocycles. The van der Waals surface area contributed by atoms with Gasteiger partial charge < -0.3 is 14.6 Å². The van der Waals surface area contributed by atoms with Crippen LogP contribution in [0.1, 0.15) is 12.8 Å². The van der Waals surface area contributed by atoms with Crippen molar-refractivity contribution in [1.29, 1.82) is 0 Å². The first-order valence-corrected chi connectivity index (χ1v) is 7.34. The third-order valence-electron chi connectivity index (χ3n) is 3.64. The zero-order chi connectivity index (χ0) is 17.9. The van der Waals surface area contributed by atoms with Gasteiger partial charge in [0.1, 0.15) is 0 Å². The molecule has 0 saturated carbocycles. The van der Waals surface area contributed by atoms with Gasteiger partial charge >= 0.3 is 11.7 Å². The molecule has 2 aromatic heterocycles. The van der Waals surface area contributed by atoms with Gasteiger partial charge in [-0.05, 0) is 6.42 Å². The fourth-order valence-corrected chi connectivity index (χ4v) is 2.25. The van der Waals surface area contributed by atoms with Gasteiger partial charge in [-0.3, -0.25) is 23.5 Å². The predicted octanol–water partition coefficient (Wildman–Crippen LogP) is -1.50. The number of rotatable bonds is 6. The summed E-state index contributed by atoms with van der Waals surface area (Å²) in [5, 5.41) is 2.35. The van der Waals surface area contributed by atoms with Crippen LogP contribution >= 0.6 is 0 Å². The topological polar surface area (TPSA) is 117 Å². The zero-order valence-corrected chi connectivity index (χ0v) is 13.7. The summed E-state index contributed by atoms with van der Waals surface area (Å²) in [6.45, 7) is 0.0466. The van der Waals surface area contributed by atoms with Gasteiger partial charge in [-0.15, -0.1) is 0 Å². The van der Waals surface area contributed by atoms with Crippen LogP contribution in [-0.4, -0.2) is 44.2 Å². The summed E-state index contributed by atoms with van der Waals surface area (Å²) in [7, 11) is 4.39. The van der Waals surface area contributed by atoms with Crippen LogP contribution in [0, 0.1) is 0 Å². The van der Waals surface area contributed by atoms with Crippen molar-refractivity contribution in [3.8, 4) is 0 Å². The highest BCUT2D eigenvalue weighted by Crippen LogP contribution is 2.07. The minimum Gasteiger partial charge on any atom is -0.456 e. The average molecular weight is 337 g/mol. The molecule has 0 radical (unpaired) electrons. The molecule has 0 aromatic carbocycles. The number of nitrogens with one attached hydrogen (secondary N) is 1. The Morgan fingerprint density at radius 1 is 1.25 bits per heavy atom. The molecule has 0 aliphatic carbocycles. The minimum atomic E-state index is -0.497. The number of aryl methyl sites for hydroxylation is 2. The van der Waals surface area contributed by atoms with Gasteiger partial charge in [0.05, 0.1) is 6.33 Å². The number of fused-ring (bicyclic) bond motifs is 1. The summed E-state index contributed by atoms with van der Waals surface area (Å²) < 4.78 is 8.70. The van der Waals surface area contributed by atoms with E-state index in [-0.39, 0.29) is 18.9 Å². The number of carbonyl (C=O) groups excluding carboxylic acids is 2. The van der Waals surface area contributed by atoms with E-state index in [2.05, 4.69) is 10.3 Å². The molecule has 1 amide bonds. The summed E-state index contributed by atoms with van der Waals surface area (Å²) >= 11 is 0. The number of carbonyl (C=O) groups is 2. The maximum atomic E-state index is 12.2. The number of amides is 1. The standard InChI is InChI=1S/C14H19N5O5/c1-15-9(20)7-24-10(21)5-4-6-19-8-16-12-11(19)13(22)18(3)14(23)17(12)2/h8H,4-7H2,1-3H3,(H,15,20). The highest BCUT2D eigenvalue weighted by Gasteiger charge is 2.14. The Hall–Kier alpha value is -2.91. The van der Waals surface area contributed by atoms with Crippen molar-refractivity contribution in [2.24, 2.45) is 14.1 Å². The van der Waals surface area contributed by atoms with E-state index in [1.165, 1.54) is 32.0 Å². The molecule has 1 N–H and O–H groups in total. The summed E-state index contributed by atoms with van der Waals surface area (Å²) in [6.07, 6.45) is 1.97. The van der Waals surface area contributed by atoms with E-state index in [1.807, 2.05) is 0 Å². The molecular weight excluding hydrogens is 318 g/mol. The molecule has 24 heavy (non-hydrogen) atoms. The van der Waals surface area contributed by atoms with Crippen molar-refractivity contribution in [1.82, 2.24) is 24.0 Å². The molecule has 130 valence electrons. The molecule has 0 aliphatic rings. The second kappa shape index (κ2) is 7.11. The Kier molecular flexibility index (Phi) is 5.17. The number of aromatic nitrogens is 4. The van der Waals surface area contributed by atoms with E-state index in [0.717, 1.165) is 4.57 Å². The van der Waals surface area contributed by atoms with E-state index < -0.39 is 17.2 Å². The maximum absolute atomic E-state index is 12.2. The average Bonchev–Trinajstić information content (AvgIpc) is 2.99. The van der Waals surface area contributed by atoms with E-state index >= 15 is 0 Å². The Bertz CT molecular complexity index is 891. The SMILES string of the molecule is CNC(=O)COC(=O)CCCn1cnc2c1c(=O)n(C)c(=O)n2C. The number of likely N-dealkylation sites (N-methyl/N-ethyl adjacent to an activating group) is 1. The van der Waals surface area contributed by atoms with Crippen LogP contribution < -0.4 is 16.6 Å². The van der Waals surface area contributed by atoms with Crippen LogP contribution in [-0.2, 0) is 35.0 Å². The monoisotopic (exact) mass is 337 g/mol. The summed E-state index contributed by atoms with van der Waals surface area (Å²) in [5.41, 5.74) is -0.285. The lowest BCUT2D eigenvalue weighted by Crippen LogP contribution is -2.37. The molecular formula is C14H19N5O5. The minimum absolute atomic E-state index is 0.0999. The third-order valence-corrected chi connectivity index (χ3v) is 3.64. The van der Waals surface area contributed by atoms with Gasteiger partial charge in [-0.2, -0.15) is 0 Å². The number of imidazole rings is 1. The lowest BCUT2D eigenvalue weighted by atomic mass is 10.3. The third kappa shape index (κ3) is 3.36. The molecule has 10 nitrogen and oxygen atoms in total. The maximum Gasteiger partial charge on any atom is 0.332 e. The first kappa shape index (κ1) is 17.4. The highest BCUT2D eigenvalue weighted by atomic mass is 16.5. The van der Waals surface area contributed by atoms with Crippen LogP contribution in [0.5, 0.6) is 0 Å². The van der Waals surface area contributed by atoms with Gasteiger partial charge in [0.25, 0.3) is 11.5 Å². The second-order valence-corrected chi connectivity index (χ2v) is 5.25. The van der Waals surface area contributed by atoms with Crippen LogP contribution in [0.3, 0.4) is 0 Å². The summed E-state index contributed by atoms with van der Waals surface area (Å²) in [4.78, 5) is 50.7.